The van der Waals surface area contributed by atoms with Crippen molar-refractivity contribution in [2.24, 2.45) is 0 Å². The van der Waals surface area contributed by atoms with Crippen LogP contribution in [0.5, 0.6) is 0 Å². The molecule has 0 bridgehead atoms. The van der Waals surface area contributed by atoms with Gasteiger partial charge in [0.1, 0.15) is 0 Å². The average molecular weight is 573 g/mol. The summed E-state index contributed by atoms with van der Waals surface area (Å²) in [5.41, 5.74) is 11.9. The van der Waals surface area contributed by atoms with E-state index in [-0.39, 0.29) is 24.1 Å². The molecule has 2 N–H and O–H groups in total. The molecule has 0 unspecified atom stereocenters. The predicted octanol–water partition coefficient (Wildman–Crippen LogP) is 8.39. The van der Waals surface area contributed by atoms with E-state index in [0.717, 1.165) is 49.7 Å². The molecule has 1 aliphatic heterocycles. The Bertz CT molecular complexity index is 1270. The van der Waals surface area contributed by atoms with Crippen molar-refractivity contribution in [3.63, 3.8) is 0 Å². The first-order chi connectivity index (χ1) is 19.4. The van der Waals surface area contributed by atoms with Gasteiger partial charge < -0.3 is 5.43 Å². The van der Waals surface area contributed by atoms with Gasteiger partial charge >= 0.3 is 0 Å². The number of hydrogen-bond donors (Lipinski definition) is 2. The van der Waals surface area contributed by atoms with Crippen molar-refractivity contribution in [2.45, 2.75) is 86.1 Å². The van der Waals surface area contributed by atoms with Gasteiger partial charge in [-0.2, -0.15) is 0 Å². The third kappa shape index (κ3) is 7.94. The largest absolute Gasteiger partial charge is 0.304 e. The van der Waals surface area contributed by atoms with Gasteiger partial charge in [-0.15, -0.1) is 0 Å². The number of halogens is 4. The third-order valence-corrected chi connectivity index (χ3v) is 7.62. The number of nitrogens with zero attached hydrogens (tertiary/aromatic N) is 2. The predicted molar refractivity (Wildman–Crippen MR) is 159 cm³/mol. The topological polar surface area (TPSA) is 30.5 Å². The second-order valence-electron chi connectivity index (χ2n) is 11.0. The Morgan fingerprint density at radius 2 is 1.71 bits per heavy atom. The molecule has 1 saturated heterocycles. The molecule has 8 heteroatoms. The van der Waals surface area contributed by atoms with Crippen LogP contribution in [0, 0.1) is 11.6 Å². The van der Waals surface area contributed by atoms with Crippen LogP contribution < -0.4 is 10.9 Å². The fourth-order valence-electron chi connectivity index (χ4n) is 5.13. The monoisotopic (exact) mass is 572 g/mol. The van der Waals surface area contributed by atoms with Crippen LogP contribution in [0.15, 0.2) is 82.4 Å². The summed E-state index contributed by atoms with van der Waals surface area (Å²) in [6.45, 7) is 16.5. The molecule has 0 spiro atoms. The summed E-state index contributed by atoms with van der Waals surface area (Å²) in [6, 6.07) is 3.29. The number of allylic oxidation sites excluding steroid dienone is 9. The molecule has 1 heterocycles. The summed E-state index contributed by atoms with van der Waals surface area (Å²) in [7, 11) is 0. The van der Waals surface area contributed by atoms with E-state index in [1.165, 1.54) is 0 Å². The highest BCUT2D eigenvalue weighted by molar-refractivity contribution is 5.48. The molecule has 1 fully saturated rings. The number of benzene rings is 1. The fraction of sp³-hybridized carbons (Fsp3) is 0.455. The summed E-state index contributed by atoms with van der Waals surface area (Å²) >= 11 is 0. The lowest BCUT2D eigenvalue weighted by Gasteiger charge is -2.37. The molecular formula is C33H44F4N4. The first-order valence-electron chi connectivity index (χ1n) is 14.4. The van der Waals surface area contributed by atoms with Gasteiger partial charge in [0.2, 0.25) is 0 Å². The van der Waals surface area contributed by atoms with Crippen LogP contribution in [0.3, 0.4) is 0 Å². The number of aryl methyl sites for hydroxylation is 1. The number of nitrogens with one attached hydrogen (secondary N) is 2. The Morgan fingerprint density at radius 3 is 2.29 bits per heavy atom. The van der Waals surface area contributed by atoms with Crippen molar-refractivity contribution in [1.82, 2.24) is 20.9 Å². The molecule has 1 aliphatic carbocycles. The standard InChI is InChI=1S/C33H44F4N4/c1-8-10-13-23(5)28-20-27(33(7,36)37)16-17-29(28)38-39-32(22(3)4)24(6)41(40-18-11-12-19-40)21-26-15-14-25(9-2)30(34)31(26)35/h8,10,13-15,20,38-39H,6,9,11-12,16-19,21H2,1-5,7H3/b10-8-,23-13+. The minimum atomic E-state index is -2.90. The molecule has 1 aromatic rings. The van der Waals surface area contributed by atoms with E-state index >= 15 is 4.39 Å². The van der Waals surface area contributed by atoms with Crippen molar-refractivity contribution < 1.29 is 17.6 Å². The van der Waals surface area contributed by atoms with E-state index in [2.05, 4.69) is 22.4 Å². The zero-order valence-corrected chi connectivity index (χ0v) is 25.2. The molecular weight excluding hydrogens is 528 g/mol. The Kier molecular flexibility index (Phi) is 11.1. The maximum Gasteiger partial charge on any atom is 0.266 e. The van der Waals surface area contributed by atoms with E-state index < -0.39 is 17.6 Å². The van der Waals surface area contributed by atoms with Gasteiger partial charge in [-0.05, 0) is 93.7 Å². The summed E-state index contributed by atoms with van der Waals surface area (Å²) in [4.78, 5) is 0. The van der Waals surface area contributed by atoms with Crippen molar-refractivity contribution in [2.75, 3.05) is 13.1 Å². The van der Waals surface area contributed by atoms with E-state index in [9.17, 15) is 13.2 Å². The second kappa shape index (κ2) is 14.1. The van der Waals surface area contributed by atoms with Crippen LogP contribution in [-0.2, 0) is 13.0 Å². The molecule has 0 aromatic heterocycles. The highest BCUT2D eigenvalue weighted by Gasteiger charge is 2.31. The van der Waals surface area contributed by atoms with Crippen LogP contribution in [0.25, 0.3) is 0 Å². The number of hydrazine groups is 2. The smallest absolute Gasteiger partial charge is 0.266 e. The summed E-state index contributed by atoms with van der Waals surface area (Å²) in [5.74, 6) is -4.53. The van der Waals surface area contributed by atoms with Gasteiger partial charge in [-0.1, -0.05) is 43.9 Å². The molecule has 3 rings (SSSR count). The van der Waals surface area contributed by atoms with Crippen LogP contribution in [-0.4, -0.2) is 29.0 Å². The summed E-state index contributed by atoms with van der Waals surface area (Å²) < 4.78 is 58.2. The number of alkyl halides is 2. The fourth-order valence-corrected chi connectivity index (χ4v) is 5.13. The minimum Gasteiger partial charge on any atom is -0.304 e. The van der Waals surface area contributed by atoms with Gasteiger partial charge in [0.05, 0.1) is 17.9 Å². The molecule has 224 valence electrons. The van der Waals surface area contributed by atoms with E-state index in [4.69, 9.17) is 0 Å². The first-order valence-corrected chi connectivity index (χ1v) is 14.4. The Balaban J connectivity index is 1.93. The van der Waals surface area contributed by atoms with Gasteiger partial charge in [-0.3, -0.25) is 10.4 Å². The van der Waals surface area contributed by atoms with Crippen molar-refractivity contribution in [1.29, 1.82) is 0 Å². The van der Waals surface area contributed by atoms with Crippen LogP contribution >= 0.6 is 0 Å². The lowest BCUT2D eigenvalue weighted by molar-refractivity contribution is 0.0263. The van der Waals surface area contributed by atoms with Gasteiger partial charge in [0.15, 0.2) is 11.6 Å². The minimum absolute atomic E-state index is 0.0988. The molecule has 0 atom stereocenters. The molecule has 0 amide bonds. The van der Waals surface area contributed by atoms with Crippen LogP contribution in [0.1, 0.15) is 78.4 Å². The SMILES string of the molecule is C=C(C(NNC1=C(/C(C)=C/C=C\C)C=C(C(C)(F)F)CC1)=C(C)C)N(Cc1ccc(CC)c(F)c1F)N1CCCC1. The normalized spacial score (nSPS) is 16.7. The van der Waals surface area contributed by atoms with Gasteiger partial charge in [-0.25, -0.2) is 22.6 Å². The lowest BCUT2D eigenvalue weighted by Crippen LogP contribution is -2.43. The van der Waals surface area contributed by atoms with Gasteiger partial charge in [0, 0.05) is 31.3 Å². The van der Waals surface area contributed by atoms with Crippen molar-refractivity contribution in [3.05, 3.63) is 105 Å². The average Bonchev–Trinajstić information content (AvgIpc) is 3.46. The zero-order valence-electron chi connectivity index (χ0n) is 25.2. The van der Waals surface area contributed by atoms with Crippen LogP contribution in [0.4, 0.5) is 17.6 Å². The maximum atomic E-state index is 15.1. The Labute approximate surface area is 242 Å². The third-order valence-electron chi connectivity index (χ3n) is 7.62. The van der Waals surface area contributed by atoms with Crippen molar-refractivity contribution >= 4 is 0 Å². The number of rotatable bonds is 12. The highest BCUT2D eigenvalue weighted by Crippen LogP contribution is 2.35. The first kappa shape index (κ1) is 32.3. The Morgan fingerprint density at radius 1 is 1.07 bits per heavy atom. The van der Waals surface area contributed by atoms with Crippen molar-refractivity contribution in [3.8, 4) is 0 Å². The maximum absolute atomic E-state index is 15.1. The molecule has 0 radical (unpaired) electrons. The quantitative estimate of drug-likeness (QED) is 0.150. The molecule has 4 nitrogen and oxygen atoms in total. The molecule has 1 aromatic carbocycles. The second-order valence-corrected chi connectivity index (χ2v) is 11.0. The Hall–Kier alpha value is -3.26. The van der Waals surface area contributed by atoms with E-state index in [0.29, 0.717) is 35.4 Å². The molecule has 41 heavy (non-hydrogen) atoms. The summed E-state index contributed by atoms with van der Waals surface area (Å²) in [6.07, 6.45) is 10.3. The zero-order chi connectivity index (χ0) is 30.3. The number of hydrogen-bond acceptors (Lipinski definition) is 4. The summed E-state index contributed by atoms with van der Waals surface area (Å²) in [5, 5.41) is 4.03. The van der Waals surface area contributed by atoms with Crippen LogP contribution in [0.2, 0.25) is 0 Å². The van der Waals surface area contributed by atoms with Gasteiger partial charge in [0.25, 0.3) is 5.92 Å². The molecule has 2 aliphatic rings. The highest BCUT2D eigenvalue weighted by atomic mass is 19.3. The molecule has 0 saturated carbocycles. The van der Waals surface area contributed by atoms with E-state index in [1.807, 2.05) is 50.9 Å². The van der Waals surface area contributed by atoms with E-state index in [1.54, 1.807) is 25.1 Å². The lowest BCUT2D eigenvalue weighted by atomic mass is 9.90.